The van der Waals surface area contributed by atoms with E-state index in [-0.39, 0.29) is 0 Å². The Hall–Kier alpha value is -1.72. The van der Waals surface area contributed by atoms with Crippen LogP contribution in [0.15, 0.2) is 0 Å². The average molecular weight is 234 g/mol. The molecule has 0 aromatic carbocycles. The Labute approximate surface area is 101 Å². The summed E-state index contributed by atoms with van der Waals surface area (Å²) in [4.78, 5) is 4.44. The van der Waals surface area contributed by atoms with Crippen molar-refractivity contribution in [1.29, 1.82) is 0 Å². The fourth-order valence-electron chi connectivity index (χ4n) is 1.87. The Morgan fingerprint density at radius 2 is 2.00 bits per heavy atom. The maximum absolute atomic E-state index is 5.97. The standard InChI is InChI=1S/C11H18N6/c1-3-4-5-6-7-8-13-11-9(14-16-15-11)10(12)17(8)2/h3-7,12H2,1-2H3. The molecule has 0 spiro atoms. The number of aromatic nitrogens is 5. The Bertz CT molecular complexity index is 463. The predicted molar refractivity (Wildman–Crippen MR) is 65.5 cm³/mol. The van der Waals surface area contributed by atoms with E-state index in [2.05, 4.69) is 27.3 Å². The summed E-state index contributed by atoms with van der Waals surface area (Å²) in [7, 11) is 1.91. The van der Waals surface area contributed by atoms with Crippen LogP contribution in [0.3, 0.4) is 0 Å². The fraction of sp³-hybridized carbons (Fsp3) is 0.636. The topological polar surface area (TPSA) is 82.5 Å². The molecule has 0 amide bonds. The van der Waals surface area contributed by atoms with Gasteiger partial charge in [-0.2, -0.15) is 0 Å². The number of aryl methyl sites for hydroxylation is 1. The first-order chi connectivity index (χ1) is 8.24. The molecule has 2 rings (SSSR count). The molecule has 0 unspecified atom stereocenters. The van der Waals surface area contributed by atoms with Gasteiger partial charge in [-0.05, 0) is 11.6 Å². The molecule has 0 aromatic heterocycles. The quantitative estimate of drug-likeness (QED) is 0.791. The van der Waals surface area contributed by atoms with Gasteiger partial charge in [0, 0.05) is 13.5 Å². The summed E-state index contributed by atoms with van der Waals surface area (Å²) in [6, 6.07) is 0. The van der Waals surface area contributed by atoms with Crippen molar-refractivity contribution in [1.82, 2.24) is 25.0 Å². The van der Waals surface area contributed by atoms with E-state index in [1.807, 2.05) is 11.6 Å². The summed E-state index contributed by atoms with van der Waals surface area (Å²) in [6.45, 7) is 2.20. The molecule has 2 aliphatic heterocycles. The summed E-state index contributed by atoms with van der Waals surface area (Å²) in [5, 5.41) is 11.3. The summed E-state index contributed by atoms with van der Waals surface area (Å²) in [5.41, 5.74) is 6.56. The summed E-state index contributed by atoms with van der Waals surface area (Å²) >= 11 is 0. The molecule has 6 nitrogen and oxygen atoms in total. The zero-order valence-electron chi connectivity index (χ0n) is 10.3. The monoisotopic (exact) mass is 234 g/mol. The number of nitrogen functional groups attached to an aromatic ring is 1. The normalized spacial score (nSPS) is 11.2. The highest BCUT2D eigenvalue weighted by Gasteiger charge is 2.17. The van der Waals surface area contributed by atoms with E-state index in [4.69, 9.17) is 5.73 Å². The fourth-order valence-corrected chi connectivity index (χ4v) is 1.87. The van der Waals surface area contributed by atoms with Crippen molar-refractivity contribution >= 4 is 5.82 Å². The molecule has 0 atom stereocenters. The summed E-state index contributed by atoms with van der Waals surface area (Å²) in [5.74, 6) is 2.09. The minimum atomic E-state index is 0.547. The van der Waals surface area contributed by atoms with E-state index < -0.39 is 0 Å². The van der Waals surface area contributed by atoms with E-state index in [0.29, 0.717) is 17.3 Å². The molecule has 92 valence electrons. The maximum atomic E-state index is 5.97. The first-order valence-electron chi connectivity index (χ1n) is 6.04. The number of anilines is 1. The second-order valence-electron chi connectivity index (χ2n) is 4.24. The van der Waals surface area contributed by atoms with Crippen LogP contribution in [-0.2, 0) is 13.5 Å². The third-order valence-electron chi connectivity index (χ3n) is 2.98. The van der Waals surface area contributed by atoms with Crippen molar-refractivity contribution < 1.29 is 0 Å². The van der Waals surface area contributed by atoms with E-state index in [1.165, 1.54) is 19.3 Å². The number of rotatable bonds is 5. The first-order valence-corrected chi connectivity index (χ1v) is 6.04. The van der Waals surface area contributed by atoms with Crippen LogP contribution in [0.5, 0.6) is 0 Å². The van der Waals surface area contributed by atoms with Crippen molar-refractivity contribution in [2.24, 2.45) is 7.05 Å². The number of hydrogen-bond donors (Lipinski definition) is 1. The Morgan fingerprint density at radius 3 is 2.76 bits per heavy atom. The van der Waals surface area contributed by atoms with E-state index in [1.54, 1.807) is 0 Å². The lowest BCUT2D eigenvalue weighted by Crippen LogP contribution is -2.13. The lowest BCUT2D eigenvalue weighted by atomic mass is 10.1. The molecule has 2 N–H and O–H groups in total. The molecule has 0 radical (unpaired) electrons. The van der Waals surface area contributed by atoms with Gasteiger partial charge in [0.1, 0.15) is 11.6 Å². The van der Waals surface area contributed by atoms with Crippen LogP contribution in [0, 0.1) is 0 Å². The number of unbranched alkanes of at least 4 members (excludes halogenated alkanes) is 3. The second-order valence-corrected chi connectivity index (χ2v) is 4.24. The van der Waals surface area contributed by atoms with Gasteiger partial charge in [0.25, 0.3) is 0 Å². The largest absolute Gasteiger partial charge is 0.383 e. The molecular weight excluding hydrogens is 216 g/mol. The van der Waals surface area contributed by atoms with Gasteiger partial charge in [-0.25, -0.2) is 4.98 Å². The highest BCUT2D eigenvalue weighted by atomic mass is 15.4. The van der Waals surface area contributed by atoms with Gasteiger partial charge < -0.3 is 10.3 Å². The Balaban J connectivity index is 2.17. The minimum Gasteiger partial charge on any atom is -0.383 e. The zero-order chi connectivity index (χ0) is 12.3. The number of nitrogens with zero attached hydrogens (tertiary/aromatic N) is 5. The predicted octanol–water partition coefficient (Wildman–Crippen LogP) is 1.41. The zero-order valence-corrected chi connectivity index (χ0v) is 10.3. The van der Waals surface area contributed by atoms with Gasteiger partial charge in [-0.1, -0.05) is 26.2 Å². The molecule has 2 heterocycles. The van der Waals surface area contributed by atoms with Crippen LogP contribution in [0.1, 0.15) is 38.4 Å². The molecule has 0 aliphatic carbocycles. The Kier molecular flexibility index (Phi) is 3.51. The van der Waals surface area contributed by atoms with Gasteiger partial charge in [-0.3, -0.25) is 0 Å². The van der Waals surface area contributed by atoms with Gasteiger partial charge in [0.2, 0.25) is 5.82 Å². The summed E-state index contributed by atoms with van der Waals surface area (Å²) < 4.78 is 1.88. The van der Waals surface area contributed by atoms with Crippen molar-refractivity contribution in [3.63, 3.8) is 0 Å². The lowest BCUT2D eigenvalue weighted by Gasteiger charge is -2.12. The highest BCUT2D eigenvalue weighted by Crippen LogP contribution is 2.22. The SMILES string of the molecule is CCCCCCc1nc2nnnc-2c(N)n1C. The van der Waals surface area contributed by atoms with Crippen molar-refractivity contribution in [3.8, 4) is 11.5 Å². The van der Waals surface area contributed by atoms with Crippen LogP contribution in [0.25, 0.3) is 11.5 Å². The first kappa shape index (κ1) is 11.8. The third-order valence-corrected chi connectivity index (χ3v) is 2.98. The van der Waals surface area contributed by atoms with E-state index in [9.17, 15) is 0 Å². The van der Waals surface area contributed by atoms with Crippen LogP contribution in [0.4, 0.5) is 5.82 Å². The van der Waals surface area contributed by atoms with Crippen LogP contribution < -0.4 is 5.73 Å². The molecule has 0 saturated heterocycles. The number of fused-ring (bicyclic) bond motifs is 1. The van der Waals surface area contributed by atoms with Crippen molar-refractivity contribution in [3.05, 3.63) is 5.82 Å². The van der Waals surface area contributed by atoms with Crippen LogP contribution in [0.2, 0.25) is 0 Å². The smallest absolute Gasteiger partial charge is 0.209 e. The average Bonchev–Trinajstić information content (AvgIpc) is 2.79. The van der Waals surface area contributed by atoms with Gasteiger partial charge in [0.15, 0.2) is 5.69 Å². The van der Waals surface area contributed by atoms with Crippen molar-refractivity contribution in [2.45, 2.75) is 39.0 Å². The minimum absolute atomic E-state index is 0.547. The van der Waals surface area contributed by atoms with E-state index in [0.717, 1.165) is 18.7 Å². The molecule has 6 heteroatoms. The molecule has 0 fully saturated rings. The second kappa shape index (κ2) is 5.07. The number of nitrogens with two attached hydrogens (primary N) is 1. The van der Waals surface area contributed by atoms with E-state index >= 15 is 0 Å². The van der Waals surface area contributed by atoms with Crippen LogP contribution >= 0.6 is 0 Å². The van der Waals surface area contributed by atoms with Crippen molar-refractivity contribution in [2.75, 3.05) is 5.73 Å². The maximum Gasteiger partial charge on any atom is 0.209 e. The van der Waals surface area contributed by atoms with Gasteiger partial charge in [0.05, 0.1) is 0 Å². The Morgan fingerprint density at radius 1 is 1.18 bits per heavy atom. The van der Waals surface area contributed by atoms with Gasteiger partial charge in [-0.15, -0.1) is 10.2 Å². The highest BCUT2D eigenvalue weighted by molar-refractivity contribution is 5.64. The summed E-state index contributed by atoms with van der Waals surface area (Å²) in [6.07, 6.45) is 5.77. The molecule has 0 aromatic rings. The molecule has 17 heavy (non-hydrogen) atoms. The van der Waals surface area contributed by atoms with Crippen LogP contribution in [-0.4, -0.2) is 25.0 Å². The van der Waals surface area contributed by atoms with Gasteiger partial charge >= 0.3 is 0 Å². The molecule has 0 bridgehead atoms. The molecular formula is C11H18N6. The lowest BCUT2D eigenvalue weighted by molar-refractivity contribution is 0.632. The molecule has 0 saturated carbocycles. The third kappa shape index (κ3) is 2.35. The molecule has 2 aliphatic rings. The number of hydrogen-bond acceptors (Lipinski definition) is 5.